The van der Waals surface area contributed by atoms with Gasteiger partial charge in [0.25, 0.3) is 0 Å². The molecule has 0 fully saturated rings. The summed E-state index contributed by atoms with van der Waals surface area (Å²) in [6.45, 7) is 0. The van der Waals surface area contributed by atoms with E-state index in [0.29, 0.717) is 5.56 Å². The van der Waals surface area contributed by atoms with Crippen molar-refractivity contribution in [2.24, 2.45) is 7.05 Å². The van der Waals surface area contributed by atoms with Gasteiger partial charge in [-0.3, -0.25) is 4.79 Å². The van der Waals surface area contributed by atoms with Gasteiger partial charge in [0, 0.05) is 18.8 Å². The fourth-order valence-corrected chi connectivity index (χ4v) is 1.16. The molecule has 0 spiro atoms. The fourth-order valence-electron chi connectivity index (χ4n) is 1.01. The van der Waals surface area contributed by atoms with Gasteiger partial charge in [0.05, 0.1) is 5.88 Å². The number of hydrogen-bond acceptors (Lipinski definition) is 2. The summed E-state index contributed by atoms with van der Waals surface area (Å²) in [5.74, 6) is -1.47. The molecule has 0 amide bonds. The molecule has 1 aromatic heterocycles. The molecule has 13 heavy (non-hydrogen) atoms. The largest absolute Gasteiger partial charge is 0.477 e. The number of Topliss-reactive ketones (excluding diaryl/α,β-unsaturated/α-hetero) is 1. The van der Waals surface area contributed by atoms with E-state index >= 15 is 0 Å². The summed E-state index contributed by atoms with van der Waals surface area (Å²) in [5, 5.41) is 8.67. The number of alkyl halides is 1. The lowest BCUT2D eigenvalue weighted by Crippen LogP contribution is -2.02. The lowest BCUT2D eigenvalue weighted by molar-refractivity contribution is 0.0686. The standard InChI is InChI=1S/C8H8ClNO3/c1-10-4-5(7(11)3-9)2-6(10)8(12)13/h2,4H,3H2,1H3,(H,12,13). The van der Waals surface area contributed by atoms with Gasteiger partial charge in [0.1, 0.15) is 5.69 Å². The summed E-state index contributed by atoms with van der Waals surface area (Å²) in [4.78, 5) is 21.6. The quantitative estimate of drug-likeness (QED) is 0.590. The van der Waals surface area contributed by atoms with Crippen LogP contribution in [0.1, 0.15) is 20.8 Å². The number of carbonyl (C=O) groups is 2. The molecule has 1 N–H and O–H groups in total. The van der Waals surface area contributed by atoms with Gasteiger partial charge >= 0.3 is 5.97 Å². The zero-order chi connectivity index (χ0) is 10.0. The zero-order valence-corrected chi connectivity index (χ0v) is 7.71. The van der Waals surface area contributed by atoms with E-state index in [2.05, 4.69) is 0 Å². The third kappa shape index (κ3) is 1.89. The van der Waals surface area contributed by atoms with Crippen LogP contribution in [-0.4, -0.2) is 27.3 Å². The Hall–Kier alpha value is -1.29. The maximum absolute atomic E-state index is 11.1. The molecule has 5 heteroatoms. The van der Waals surface area contributed by atoms with Crippen molar-refractivity contribution in [2.75, 3.05) is 5.88 Å². The van der Waals surface area contributed by atoms with Crippen LogP contribution in [0.15, 0.2) is 12.3 Å². The number of carbonyl (C=O) groups excluding carboxylic acids is 1. The van der Waals surface area contributed by atoms with Gasteiger partial charge in [-0.1, -0.05) is 0 Å². The highest BCUT2D eigenvalue weighted by molar-refractivity contribution is 6.30. The predicted octanol–water partition coefficient (Wildman–Crippen LogP) is 1.14. The second-order valence-electron chi connectivity index (χ2n) is 2.59. The smallest absolute Gasteiger partial charge is 0.352 e. The Bertz CT molecular complexity index is 356. The lowest BCUT2D eigenvalue weighted by atomic mass is 10.2. The molecule has 1 rings (SSSR count). The van der Waals surface area contributed by atoms with E-state index in [0.717, 1.165) is 0 Å². The lowest BCUT2D eigenvalue weighted by Gasteiger charge is -1.93. The zero-order valence-electron chi connectivity index (χ0n) is 6.95. The van der Waals surface area contributed by atoms with Crippen molar-refractivity contribution in [3.8, 4) is 0 Å². The summed E-state index contributed by atoms with van der Waals surface area (Å²) in [6, 6.07) is 1.31. The second kappa shape index (κ2) is 3.62. The Balaban J connectivity index is 3.09. The van der Waals surface area contributed by atoms with Crippen LogP contribution >= 0.6 is 11.6 Å². The summed E-state index contributed by atoms with van der Waals surface area (Å²) in [6.07, 6.45) is 1.45. The maximum Gasteiger partial charge on any atom is 0.352 e. The van der Waals surface area contributed by atoms with Crippen molar-refractivity contribution in [3.05, 3.63) is 23.5 Å². The van der Waals surface area contributed by atoms with Crippen LogP contribution in [-0.2, 0) is 7.05 Å². The first-order chi connectivity index (χ1) is 6.06. The molecule has 4 nitrogen and oxygen atoms in total. The number of aryl methyl sites for hydroxylation is 1. The number of rotatable bonds is 3. The van der Waals surface area contributed by atoms with Crippen molar-refractivity contribution < 1.29 is 14.7 Å². The van der Waals surface area contributed by atoms with E-state index in [1.807, 2.05) is 0 Å². The Morgan fingerprint density at radius 1 is 1.62 bits per heavy atom. The third-order valence-electron chi connectivity index (χ3n) is 1.67. The normalized spacial score (nSPS) is 10.0. The molecule has 70 valence electrons. The van der Waals surface area contributed by atoms with Crippen molar-refractivity contribution in [1.29, 1.82) is 0 Å². The molecule has 0 radical (unpaired) electrons. The summed E-state index contributed by atoms with van der Waals surface area (Å²) >= 11 is 5.32. The molecule has 0 bridgehead atoms. The molecule has 0 saturated heterocycles. The van der Waals surface area contributed by atoms with Crippen LogP contribution in [0.5, 0.6) is 0 Å². The second-order valence-corrected chi connectivity index (χ2v) is 2.85. The molecule has 0 aliphatic carbocycles. The molecule has 0 saturated carbocycles. The van der Waals surface area contributed by atoms with E-state index in [-0.39, 0.29) is 17.4 Å². The highest BCUT2D eigenvalue weighted by atomic mass is 35.5. The molecule has 0 aromatic carbocycles. The topological polar surface area (TPSA) is 59.3 Å². The number of ketones is 1. The van der Waals surface area contributed by atoms with Gasteiger partial charge in [0.2, 0.25) is 0 Å². The molecular formula is C8H8ClNO3. The Morgan fingerprint density at radius 2 is 2.23 bits per heavy atom. The van der Waals surface area contributed by atoms with Crippen molar-refractivity contribution >= 4 is 23.4 Å². The van der Waals surface area contributed by atoms with Crippen LogP contribution in [0.4, 0.5) is 0 Å². The van der Waals surface area contributed by atoms with E-state index in [1.54, 1.807) is 7.05 Å². The minimum atomic E-state index is -1.06. The highest BCUT2D eigenvalue weighted by Crippen LogP contribution is 2.08. The number of nitrogens with zero attached hydrogens (tertiary/aromatic N) is 1. The Labute approximate surface area is 79.7 Å². The maximum atomic E-state index is 11.1. The number of aromatic nitrogens is 1. The number of carboxylic acids is 1. The van der Waals surface area contributed by atoms with Crippen LogP contribution in [0, 0.1) is 0 Å². The van der Waals surface area contributed by atoms with Crippen LogP contribution in [0.25, 0.3) is 0 Å². The highest BCUT2D eigenvalue weighted by Gasteiger charge is 2.13. The number of aromatic carboxylic acids is 1. The van der Waals surface area contributed by atoms with Gasteiger partial charge < -0.3 is 9.67 Å². The molecule has 1 heterocycles. The van der Waals surface area contributed by atoms with Crippen molar-refractivity contribution in [3.63, 3.8) is 0 Å². The van der Waals surface area contributed by atoms with Gasteiger partial charge in [0.15, 0.2) is 5.78 Å². The van der Waals surface area contributed by atoms with E-state index in [9.17, 15) is 9.59 Å². The van der Waals surface area contributed by atoms with Gasteiger partial charge in [-0.05, 0) is 6.07 Å². The average Bonchev–Trinajstić information content (AvgIpc) is 2.46. The number of halogens is 1. The molecular weight excluding hydrogens is 194 g/mol. The summed E-state index contributed by atoms with van der Waals surface area (Å²) < 4.78 is 1.38. The average molecular weight is 202 g/mol. The monoisotopic (exact) mass is 201 g/mol. The number of hydrogen-bond donors (Lipinski definition) is 1. The first-order valence-electron chi connectivity index (χ1n) is 3.55. The van der Waals surface area contributed by atoms with Gasteiger partial charge in [-0.2, -0.15) is 0 Å². The van der Waals surface area contributed by atoms with Gasteiger partial charge in [-0.25, -0.2) is 4.79 Å². The molecule has 0 atom stereocenters. The van der Waals surface area contributed by atoms with Crippen molar-refractivity contribution in [1.82, 2.24) is 4.57 Å². The minimum absolute atomic E-state index is 0.0773. The van der Waals surface area contributed by atoms with E-state index in [1.165, 1.54) is 16.8 Å². The molecule has 0 aliphatic heterocycles. The Kier molecular flexibility index (Phi) is 2.72. The molecule has 0 unspecified atom stereocenters. The van der Waals surface area contributed by atoms with Crippen LogP contribution in [0.2, 0.25) is 0 Å². The third-order valence-corrected chi connectivity index (χ3v) is 1.91. The van der Waals surface area contributed by atoms with Crippen LogP contribution in [0.3, 0.4) is 0 Å². The SMILES string of the molecule is Cn1cc(C(=O)CCl)cc1C(=O)O. The summed E-state index contributed by atoms with van der Waals surface area (Å²) in [7, 11) is 1.56. The van der Waals surface area contributed by atoms with Gasteiger partial charge in [-0.15, -0.1) is 11.6 Å². The van der Waals surface area contributed by atoms with E-state index in [4.69, 9.17) is 16.7 Å². The predicted molar refractivity (Wildman–Crippen MR) is 47.4 cm³/mol. The van der Waals surface area contributed by atoms with E-state index < -0.39 is 5.97 Å². The number of carboxylic acid groups (broad SMARTS) is 1. The molecule has 1 aromatic rings. The van der Waals surface area contributed by atoms with Crippen LogP contribution < -0.4 is 0 Å². The Morgan fingerprint density at radius 3 is 2.62 bits per heavy atom. The molecule has 0 aliphatic rings. The first-order valence-corrected chi connectivity index (χ1v) is 4.08. The summed E-state index contributed by atoms with van der Waals surface area (Å²) in [5.41, 5.74) is 0.406. The van der Waals surface area contributed by atoms with Crippen molar-refractivity contribution in [2.45, 2.75) is 0 Å². The minimum Gasteiger partial charge on any atom is -0.477 e. The fraction of sp³-hybridized carbons (Fsp3) is 0.250. The first kappa shape index (κ1) is 9.80.